The standard InChI is InChI=1S/C20H30O4/c1-7-20(6,24)13-17(21)12-15(4)9-8-10-16(5)19(23)18(22)11-14(2)3/h7,10-12,19,23-24H,1,8-9,13H2,2-6H3/b15-12-,16-10+. The number of hydrogen-bond donors (Lipinski definition) is 2. The molecule has 0 aromatic rings. The molecule has 0 rings (SSSR count). The van der Waals surface area contributed by atoms with Crippen LogP contribution >= 0.6 is 0 Å². The zero-order chi connectivity index (χ0) is 18.9. The van der Waals surface area contributed by atoms with Gasteiger partial charge in [0.25, 0.3) is 0 Å². The number of aliphatic hydroxyl groups excluding tert-OH is 1. The van der Waals surface area contributed by atoms with E-state index >= 15 is 0 Å². The van der Waals surface area contributed by atoms with E-state index in [9.17, 15) is 19.8 Å². The molecule has 0 radical (unpaired) electrons. The van der Waals surface area contributed by atoms with Crippen LogP contribution in [-0.2, 0) is 9.59 Å². The Morgan fingerprint density at radius 2 is 1.75 bits per heavy atom. The molecule has 0 amide bonds. The SMILES string of the molecule is C=CC(C)(O)CC(=O)/C=C(/C)CC/C=C(\C)C(O)C(=O)C=C(C)C. The Kier molecular flexibility index (Phi) is 9.41. The van der Waals surface area contributed by atoms with E-state index in [0.717, 1.165) is 11.1 Å². The van der Waals surface area contributed by atoms with Crippen LogP contribution in [0.4, 0.5) is 0 Å². The fraction of sp³-hybridized carbons (Fsp3) is 0.500. The number of allylic oxidation sites excluding steroid dienone is 4. The van der Waals surface area contributed by atoms with Crippen LogP contribution in [0.1, 0.15) is 53.9 Å². The van der Waals surface area contributed by atoms with Gasteiger partial charge in [0.05, 0.1) is 5.60 Å². The largest absolute Gasteiger partial charge is 0.386 e. The lowest BCUT2D eigenvalue weighted by molar-refractivity contribution is -0.120. The number of rotatable bonds is 10. The molecule has 0 aromatic carbocycles. The third-order valence-electron chi connectivity index (χ3n) is 3.52. The molecule has 0 saturated carbocycles. The summed E-state index contributed by atoms with van der Waals surface area (Å²) in [6.07, 6.45) is 6.26. The van der Waals surface area contributed by atoms with E-state index in [0.29, 0.717) is 18.4 Å². The van der Waals surface area contributed by atoms with Crippen molar-refractivity contribution in [1.29, 1.82) is 0 Å². The predicted molar refractivity (Wildman–Crippen MR) is 97.6 cm³/mol. The molecule has 0 aliphatic rings. The number of ketones is 2. The van der Waals surface area contributed by atoms with Gasteiger partial charge < -0.3 is 10.2 Å². The van der Waals surface area contributed by atoms with Crippen LogP contribution in [0.3, 0.4) is 0 Å². The summed E-state index contributed by atoms with van der Waals surface area (Å²) >= 11 is 0. The molecule has 0 fully saturated rings. The molecule has 2 unspecified atom stereocenters. The van der Waals surface area contributed by atoms with Crippen LogP contribution in [0.25, 0.3) is 0 Å². The van der Waals surface area contributed by atoms with Crippen LogP contribution in [0.5, 0.6) is 0 Å². The Balaban J connectivity index is 4.60. The summed E-state index contributed by atoms with van der Waals surface area (Å²) in [5.74, 6) is -0.477. The fourth-order valence-electron chi connectivity index (χ4n) is 2.05. The molecule has 4 heteroatoms. The van der Waals surface area contributed by atoms with Crippen LogP contribution < -0.4 is 0 Å². The van der Waals surface area contributed by atoms with Crippen molar-refractivity contribution in [3.63, 3.8) is 0 Å². The van der Waals surface area contributed by atoms with Gasteiger partial charge in [-0.15, -0.1) is 6.58 Å². The summed E-state index contributed by atoms with van der Waals surface area (Å²) in [5.41, 5.74) is 1.14. The second kappa shape index (κ2) is 10.2. The lowest BCUT2D eigenvalue weighted by Gasteiger charge is -2.16. The first-order valence-electron chi connectivity index (χ1n) is 8.08. The molecule has 4 nitrogen and oxygen atoms in total. The van der Waals surface area contributed by atoms with E-state index in [4.69, 9.17) is 0 Å². The van der Waals surface area contributed by atoms with Gasteiger partial charge >= 0.3 is 0 Å². The molecule has 0 bridgehead atoms. The molecular weight excluding hydrogens is 304 g/mol. The van der Waals surface area contributed by atoms with Crippen molar-refractivity contribution in [1.82, 2.24) is 0 Å². The highest BCUT2D eigenvalue weighted by atomic mass is 16.3. The van der Waals surface area contributed by atoms with Crippen molar-refractivity contribution >= 4 is 11.6 Å². The van der Waals surface area contributed by atoms with Gasteiger partial charge in [0.2, 0.25) is 0 Å². The van der Waals surface area contributed by atoms with Gasteiger partial charge in [-0.2, -0.15) is 0 Å². The van der Waals surface area contributed by atoms with E-state index in [-0.39, 0.29) is 18.0 Å². The second-order valence-corrected chi connectivity index (χ2v) is 6.71. The normalized spacial score (nSPS) is 16.1. The first-order valence-corrected chi connectivity index (χ1v) is 8.08. The van der Waals surface area contributed by atoms with E-state index in [2.05, 4.69) is 6.58 Å². The van der Waals surface area contributed by atoms with Crippen molar-refractivity contribution in [2.45, 2.75) is 65.6 Å². The molecule has 0 saturated heterocycles. The Hall–Kier alpha value is -1.78. The summed E-state index contributed by atoms with van der Waals surface area (Å²) in [7, 11) is 0. The van der Waals surface area contributed by atoms with E-state index in [1.807, 2.05) is 13.0 Å². The van der Waals surface area contributed by atoms with Gasteiger partial charge in [-0.05, 0) is 65.2 Å². The molecule has 0 heterocycles. The summed E-state index contributed by atoms with van der Waals surface area (Å²) in [5, 5.41) is 19.7. The maximum absolute atomic E-state index is 11.8. The average molecular weight is 334 g/mol. The molecule has 0 aliphatic carbocycles. The van der Waals surface area contributed by atoms with E-state index in [1.165, 1.54) is 25.2 Å². The smallest absolute Gasteiger partial charge is 0.188 e. The number of aliphatic hydroxyl groups is 2. The molecule has 2 atom stereocenters. The minimum Gasteiger partial charge on any atom is -0.386 e. The first kappa shape index (κ1) is 22.2. The Bertz CT molecular complexity index is 558. The van der Waals surface area contributed by atoms with E-state index in [1.54, 1.807) is 20.8 Å². The molecule has 134 valence electrons. The highest BCUT2D eigenvalue weighted by molar-refractivity contribution is 5.95. The van der Waals surface area contributed by atoms with Crippen LogP contribution in [0.2, 0.25) is 0 Å². The summed E-state index contributed by atoms with van der Waals surface area (Å²) in [6.45, 7) is 12.2. The number of carbonyl (C=O) groups excluding carboxylic acids is 2. The third kappa shape index (κ3) is 9.38. The minimum atomic E-state index is -1.19. The van der Waals surface area contributed by atoms with Crippen molar-refractivity contribution in [3.8, 4) is 0 Å². The van der Waals surface area contributed by atoms with Gasteiger partial charge in [0.15, 0.2) is 11.6 Å². The van der Waals surface area contributed by atoms with Crippen molar-refractivity contribution in [3.05, 3.63) is 47.6 Å². The van der Waals surface area contributed by atoms with Gasteiger partial charge in [0.1, 0.15) is 6.10 Å². The van der Waals surface area contributed by atoms with Crippen LogP contribution in [0, 0.1) is 0 Å². The fourth-order valence-corrected chi connectivity index (χ4v) is 2.05. The Morgan fingerprint density at radius 3 is 2.25 bits per heavy atom. The lowest BCUT2D eigenvalue weighted by atomic mass is 9.98. The Labute approximate surface area is 145 Å². The summed E-state index contributed by atoms with van der Waals surface area (Å²) in [6, 6.07) is 0. The van der Waals surface area contributed by atoms with Crippen molar-refractivity contribution in [2.75, 3.05) is 0 Å². The topological polar surface area (TPSA) is 74.6 Å². The minimum absolute atomic E-state index is 0.00136. The van der Waals surface area contributed by atoms with Crippen LogP contribution in [-0.4, -0.2) is 33.5 Å². The number of hydrogen-bond acceptors (Lipinski definition) is 4. The molecule has 0 spiro atoms. The number of carbonyl (C=O) groups is 2. The molecule has 0 aromatic heterocycles. The van der Waals surface area contributed by atoms with Gasteiger partial charge in [-0.1, -0.05) is 23.3 Å². The molecule has 24 heavy (non-hydrogen) atoms. The quantitative estimate of drug-likeness (QED) is 0.474. The highest BCUT2D eigenvalue weighted by Gasteiger charge is 2.19. The Morgan fingerprint density at radius 1 is 1.17 bits per heavy atom. The molecule has 2 N–H and O–H groups in total. The predicted octanol–water partition coefficient (Wildman–Crippen LogP) is 3.45. The van der Waals surface area contributed by atoms with Crippen molar-refractivity contribution in [2.24, 2.45) is 0 Å². The first-order chi connectivity index (χ1) is 11.0. The second-order valence-electron chi connectivity index (χ2n) is 6.71. The summed E-state index contributed by atoms with van der Waals surface area (Å²) in [4.78, 5) is 23.6. The maximum Gasteiger partial charge on any atom is 0.188 e. The maximum atomic E-state index is 11.8. The summed E-state index contributed by atoms with van der Waals surface area (Å²) < 4.78 is 0. The van der Waals surface area contributed by atoms with Crippen LogP contribution in [0.15, 0.2) is 47.6 Å². The van der Waals surface area contributed by atoms with Gasteiger partial charge in [-0.3, -0.25) is 9.59 Å². The average Bonchev–Trinajstić information content (AvgIpc) is 2.44. The monoisotopic (exact) mass is 334 g/mol. The molecular formula is C20H30O4. The zero-order valence-corrected chi connectivity index (χ0v) is 15.4. The van der Waals surface area contributed by atoms with Gasteiger partial charge in [0, 0.05) is 6.42 Å². The molecule has 0 aliphatic heterocycles. The zero-order valence-electron chi connectivity index (χ0n) is 15.4. The van der Waals surface area contributed by atoms with E-state index < -0.39 is 11.7 Å². The third-order valence-corrected chi connectivity index (χ3v) is 3.52. The van der Waals surface area contributed by atoms with Gasteiger partial charge in [-0.25, -0.2) is 0 Å². The highest BCUT2D eigenvalue weighted by Crippen LogP contribution is 2.14. The van der Waals surface area contributed by atoms with Crippen molar-refractivity contribution < 1.29 is 19.8 Å². The lowest BCUT2D eigenvalue weighted by Crippen LogP contribution is -2.23.